The molecule has 0 bridgehead atoms. The van der Waals surface area contributed by atoms with E-state index in [2.05, 4.69) is 51.4 Å². The molecule has 1 fully saturated rings. The van der Waals surface area contributed by atoms with Crippen molar-refractivity contribution in [3.8, 4) is 5.75 Å². The molecule has 1 aliphatic rings. The van der Waals surface area contributed by atoms with Crippen LogP contribution in [0.3, 0.4) is 0 Å². The van der Waals surface area contributed by atoms with E-state index in [9.17, 15) is 14.7 Å². The van der Waals surface area contributed by atoms with Crippen LogP contribution in [0.4, 0.5) is 5.69 Å². The van der Waals surface area contributed by atoms with Crippen LogP contribution in [0.1, 0.15) is 52.7 Å². The number of Topliss-reactive ketones (excluding diaryl/α,β-unsaturated/α-hetero) is 1. The highest BCUT2D eigenvalue weighted by atomic mass is 16.5. The molecule has 1 aromatic heterocycles. The Labute approximate surface area is 202 Å². The second kappa shape index (κ2) is 10.1. The number of rotatable bonds is 7. The van der Waals surface area contributed by atoms with Gasteiger partial charge in [-0.25, -0.2) is 4.79 Å². The Morgan fingerprint density at radius 2 is 1.47 bits per heavy atom. The number of anilines is 1. The van der Waals surface area contributed by atoms with Crippen molar-refractivity contribution in [2.45, 2.75) is 58.5 Å². The van der Waals surface area contributed by atoms with Gasteiger partial charge in [0.2, 0.25) is 0 Å². The lowest BCUT2D eigenvalue weighted by Gasteiger charge is -2.36. The van der Waals surface area contributed by atoms with Crippen molar-refractivity contribution in [1.82, 2.24) is 9.88 Å². The van der Waals surface area contributed by atoms with E-state index in [-0.39, 0.29) is 17.4 Å². The zero-order valence-electron chi connectivity index (χ0n) is 21.2. The molecule has 3 rings (SSSR count). The van der Waals surface area contributed by atoms with E-state index in [1.807, 2.05) is 35.2 Å². The van der Waals surface area contributed by atoms with E-state index in [4.69, 9.17) is 4.74 Å². The van der Waals surface area contributed by atoms with Crippen molar-refractivity contribution in [3.63, 3.8) is 0 Å². The van der Waals surface area contributed by atoms with Gasteiger partial charge in [0.25, 0.3) is 6.10 Å². The molecule has 0 spiro atoms. The fraction of sp³-hybridized carbons (Fsp3) is 0.519. The third-order valence-electron chi connectivity index (χ3n) is 6.16. The molecule has 1 atom stereocenters. The van der Waals surface area contributed by atoms with Crippen LogP contribution in [0.2, 0.25) is 0 Å². The number of hydrogen-bond acceptors (Lipinski definition) is 6. The summed E-state index contributed by atoms with van der Waals surface area (Å²) in [6.07, 6.45) is 1.98. The average Bonchev–Trinajstić information content (AvgIpc) is 2.76. The summed E-state index contributed by atoms with van der Waals surface area (Å²) in [5.74, 6) is -1.19. The molecular formula is C27H37N3O4. The van der Waals surface area contributed by atoms with Crippen LogP contribution < -0.4 is 9.64 Å². The van der Waals surface area contributed by atoms with Gasteiger partial charge in [-0.05, 0) is 34.1 Å². The summed E-state index contributed by atoms with van der Waals surface area (Å²) >= 11 is 0. The van der Waals surface area contributed by atoms with Crippen LogP contribution in [-0.2, 0) is 20.4 Å². The number of para-hydroxylation sites is 1. The smallest absolute Gasteiger partial charge is 0.352 e. The van der Waals surface area contributed by atoms with Crippen molar-refractivity contribution in [3.05, 3.63) is 53.9 Å². The lowest BCUT2D eigenvalue weighted by Crippen LogP contribution is -2.50. The number of carbonyl (C=O) groups excluding carboxylic acids is 1. The maximum Gasteiger partial charge on any atom is 0.352 e. The van der Waals surface area contributed by atoms with Crippen LogP contribution in [0.5, 0.6) is 5.75 Å². The predicted octanol–water partition coefficient (Wildman–Crippen LogP) is 3.90. The standard InChI is InChI=1S/C27H37N3O4/c1-26(2,3)20-8-7-9-21(27(4,5)6)23(20)34-24(25(32)33)22(31)18-29-14-16-30(17-15-29)19-10-12-28-13-11-19/h7-13,24H,14-18H2,1-6H3,(H,32,33). The van der Waals surface area contributed by atoms with E-state index in [0.29, 0.717) is 18.8 Å². The van der Waals surface area contributed by atoms with Gasteiger partial charge in [-0.15, -0.1) is 0 Å². The van der Waals surface area contributed by atoms with Crippen LogP contribution in [0.25, 0.3) is 0 Å². The Morgan fingerprint density at radius 1 is 0.941 bits per heavy atom. The highest BCUT2D eigenvalue weighted by Gasteiger charge is 2.35. The summed E-state index contributed by atoms with van der Waals surface area (Å²) in [5.41, 5.74) is 2.34. The number of piperazine rings is 1. The first-order valence-corrected chi connectivity index (χ1v) is 11.8. The first-order chi connectivity index (χ1) is 15.9. The summed E-state index contributed by atoms with van der Waals surface area (Å²) in [6, 6.07) is 9.80. The van der Waals surface area contributed by atoms with E-state index >= 15 is 0 Å². The SMILES string of the molecule is CC(C)(C)c1cccc(C(C)(C)C)c1OC(C(=O)O)C(=O)CN1CCN(c2ccncc2)CC1. The molecule has 0 aliphatic carbocycles. The predicted molar refractivity (Wildman–Crippen MR) is 134 cm³/mol. The van der Waals surface area contributed by atoms with Gasteiger partial charge in [0.05, 0.1) is 6.54 Å². The van der Waals surface area contributed by atoms with Gasteiger partial charge in [0, 0.05) is 44.3 Å². The van der Waals surface area contributed by atoms with Gasteiger partial charge in [0.15, 0.2) is 5.78 Å². The molecule has 0 radical (unpaired) electrons. The first kappa shape index (κ1) is 25.7. The molecule has 34 heavy (non-hydrogen) atoms. The Morgan fingerprint density at radius 3 is 1.94 bits per heavy atom. The number of benzene rings is 1. The normalized spacial score (nSPS) is 16.2. The average molecular weight is 468 g/mol. The molecule has 1 N–H and O–H groups in total. The number of aliphatic carboxylic acids is 1. The minimum atomic E-state index is -1.55. The monoisotopic (exact) mass is 467 g/mol. The van der Waals surface area contributed by atoms with E-state index in [1.165, 1.54) is 0 Å². The molecule has 0 saturated carbocycles. The van der Waals surface area contributed by atoms with Crippen LogP contribution >= 0.6 is 0 Å². The fourth-order valence-electron chi connectivity index (χ4n) is 4.24. The largest absolute Gasteiger partial charge is 0.478 e. The summed E-state index contributed by atoms with van der Waals surface area (Å²) in [4.78, 5) is 33.6. The van der Waals surface area contributed by atoms with Crippen LogP contribution in [0, 0.1) is 0 Å². The van der Waals surface area contributed by atoms with Gasteiger partial charge in [-0.3, -0.25) is 14.7 Å². The minimum absolute atomic E-state index is 0.0453. The summed E-state index contributed by atoms with van der Waals surface area (Å²) in [7, 11) is 0. The third kappa shape index (κ3) is 6.14. The van der Waals surface area contributed by atoms with Gasteiger partial charge < -0.3 is 14.7 Å². The molecule has 7 nitrogen and oxygen atoms in total. The van der Waals surface area contributed by atoms with Crippen molar-refractivity contribution < 1.29 is 19.4 Å². The summed E-state index contributed by atoms with van der Waals surface area (Å²) in [5, 5.41) is 9.93. The van der Waals surface area contributed by atoms with Gasteiger partial charge in [-0.1, -0.05) is 59.7 Å². The number of ether oxygens (including phenoxy) is 1. The lowest BCUT2D eigenvalue weighted by atomic mass is 9.79. The second-order valence-corrected chi connectivity index (χ2v) is 11.0. The van der Waals surface area contributed by atoms with E-state index < -0.39 is 17.9 Å². The summed E-state index contributed by atoms with van der Waals surface area (Å²) in [6.45, 7) is 15.3. The van der Waals surface area contributed by atoms with Crippen molar-refractivity contribution in [1.29, 1.82) is 0 Å². The Balaban J connectivity index is 1.76. The molecule has 2 heterocycles. The molecular weight excluding hydrogens is 430 g/mol. The number of ketones is 1. The van der Waals surface area contributed by atoms with Crippen LogP contribution in [0.15, 0.2) is 42.7 Å². The summed E-state index contributed by atoms with van der Waals surface area (Å²) < 4.78 is 6.09. The van der Waals surface area contributed by atoms with Crippen molar-refractivity contribution in [2.75, 3.05) is 37.6 Å². The fourth-order valence-corrected chi connectivity index (χ4v) is 4.24. The zero-order chi connectivity index (χ0) is 25.1. The van der Waals surface area contributed by atoms with Gasteiger partial charge in [-0.2, -0.15) is 0 Å². The molecule has 7 heteroatoms. The number of carboxylic acids is 1. The number of aromatic nitrogens is 1. The molecule has 1 unspecified atom stereocenters. The van der Waals surface area contributed by atoms with Crippen molar-refractivity contribution >= 4 is 17.4 Å². The number of carboxylic acid groups (broad SMARTS) is 1. The highest BCUT2D eigenvalue weighted by Crippen LogP contribution is 2.40. The molecule has 1 aromatic carbocycles. The number of carbonyl (C=O) groups is 2. The second-order valence-electron chi connectivity index (χ2n) is 11.0. The Kier molecular flexibility index (Phi) is 7.66. The molecule has 1 aliphatic heterocycles. The number of pyridine rings is 1. The highest BCUT2D eigenvalue weighted by molar-refractivity contribution is 6.02. The molecule has 0 amide bonds. The maximum absolute atomic E-state index is 13.2. The van der Waals surface area contributed by atoms with Gasteiger partial charge >= 0.3 is 5.97 Å². The minimum Gasteiger partial charge on any atom is -0.478 e. The van der Waals surface area contributed by atoms with E-state index in [1.54, 1.807) is 12.4 Å². The van der Waals surface area contributed by atoms with Gasteiger partial charge in [0.1, 0.15) is 5.75 Å². The topological polar surface area (TPSA) is 83.0 Å². The zero-order valence-corrected chi connectivity index (χ0v) is 21.2. The maximum atomic E-state index is 13.2. The van der Waals surface area contributed by atoms with E-state index in [0.717, 1.165) is 29.9 Å². The number of hydrogen-bond donors (Lipinski definition) is 1. The quantitative estimate of drug-likeness (QED) is 0.619. The third-order valence-corrected chi connectivity index (χ3v) is 6.16. The lowest BCUT2D eigenvalue weighted by molar-refractivity contribution is -0.150. The Hall–Kier alpha value is -2.93. The number of nitrogens with zero attached hydrogens (tertiary/aromatic N) is 3. The first-order valence-electron chi connectivity index (χ1n) is 11.8. The molecule has 184 valence electrons. The molecule has 1 saturated heterocycles. The van der Waals surface area contributed by atoms with Crippen molar-refractivity contribution in [2.24, 2.45) is 0 Å². The molecule has 2 aromatic rings. The van der Waals surface area contributed by atoms with Crippen LogP contribution in [-0.4, -0.2) is 65.6 Å². The Bertz CT molecular complexity index is 969.